The quantitative estimate of drug-likeness (QED) is 0.756. The Morgan fingerprint density at radius 2 is 2.04 bits per heavy atom. The van der Waals surface area contributed by atoms with Crippen molar-refractivity contribution >= 4 is 27.6 Å². The van der Waals surface area contributed by atoms with Crippen molar-refractivity contribution in [1.29, 1.82) is 0 Å². The molecule has 0 aliphatic carbocycles. The van der Waals surface area contributed by atoms with Crippen LogP contribution in [0, 0.1) is 0 Å². The van der Waals surface area contributed by atoms with Crippen molar-refractivity contribution < 1.29 is 19.1 Å². The van der Waals surface area contributed by atoms with Gasteiger partial charge in [0.1, 0.15) is 11.3 Å². The Hall–Kier alpha value is -2.37. The highest BCUT2D eigenvalue weighted by Gasteiger charge is 2.16. The van der Waals surface area contributed by atoms with E-state index in [4.69, 9.17) is 9.15 Å². The first-order valence-corrected chi connectivity index (χ1v) is 7.89. The van der Waals surface area contributed by atoms with Crippen LogP contribution in [-0.4, -0.2) is 49.3 Å². The maximum absolute atomic E-state index is 12.3. The summed E-state index contributed by atoms with van der Waals surface area (Å²) in [7, 11) is 3.18. The SMILES string of the molecule is COCC(O)CN(C)C(=O)Cc1cc2c(ccc3ccccc32)o1. The average Bonchev–Trinajstić information content (AvgIpc) is 2.97. The van der Waals surface area contributed by atoms with Crippen LogP contribution in [0.25, 0.3) is 21.7 Å². The highest BCUT2D eigenvalue weighted by atomic mass is 16.5. The minimum Gasteiger partial charge on any atom is -0.461 e. The summed E-state index contributed by atoms with van der Waals surface area (Å²) in [5.74, 6) is 0.521. The number of furan rings is 1. The molecular weight excluding hydrogens is 306 g/mol. The van der Waals surface area contributed by atoms with E-state index in [0.717, 1.165) is 21.7 Å². The molecule has 0 aliphatic heterocycles. The van der Waals surface area contributed by atoms with Crippen LogP contribution < -0.4 is 0 Å². The molecule has 1 amide bonds. The zero-order chi connectivity index (χ0) is 17.1. The third kappa shape index (κ3) is 3.42. The summed E-state index contributed by atoms with van der Waals surface area (Å²) in [6, 6.07) is 14.0. The largest absolute Gasteiger partial charge is 0.461 e. The number of benzene rings is 2. The summed E-state index contributed by atoms with van der Waals surface area (Å²) in [6.45, 7) is 0.435. The molecule has 5 heteroatoms. The van der Waals surface area contributed by atoms with E-state index in [1.54, 1.807) is 7.05 Å². The normalized spacial score (nSPS) is 12.6. The molecule has 0 aliphatic rings. The highest BCUT2D eigenvalue weighted by Crippen LogP contribution is 2.28. The smallest absolute Gasteiger partial charge is 0.230 e. The van der Waals surface area contributed by atoms with Crippen molar-refractivity contribution in [3.8, 4) is 0 Å². The number of hydrogen-bond donors (Lipinski definition) is 1. The van der Waals surface area contributed by atoms with Crippen molar-refractivity contribution in [3.63, 3.8) is 0 Å². The van der Waals surface area contributed by atoms with Gasteiger partial charge in [-0.2, -0.15) is 0 Å². The number of aliphatic hydroxyl groups is 1. The van der Waals surface area contributed by atoms with Crippen LogP contribution in [0.4, 0.5) is 0 Å². The van der Waals surface area contributed by atoms with Crippen molar-refractivity contribution in [1.82, 2.24) is 4.90 Å². The number of nitrogens with zero attached hydrogens (tertiary/aromatic N) is 1. The molecule has 0 bridgehead atoms. The minimum absolute atomic E-state index is 0.103. The number of carbonyl (C=O) groups excluding carboxylic acids is 1. The summed E-state index contributed by atoms with van der Waals surface area (Å²) in [6.07, 6.45) is -0.525. The molecule has 126 valence electrons. The Balaban J connectivity index is 1.78. The number of hydrogen-bond acceptors (Lipinski definition) is 4. The first kappa shape index (κ1) is 16.5. The topological polar surface area (TPSA) is 62.9 Å². The summed E-state index contributed by atoms with van der Waals surface area (Å²) >= 11 is 0. The van der Waals surface area contributed by atoms with E-state index in [1.165, 1.54) is 12.0 Å². The highest BCUT2D eigenvalue weighted by molar-refractivity contribution is 6.06. The fourth-order valence-corrected chi connectivity index (χ4v) is 2.88. The lowest BCUT2D eigenvalue weighted by Crippen LogP contribution is -2.37. The molecule has 1 unspecified atom stereocenters. The van der Waals surface area contributed by atoms with Crippen LogP contribution in [-0.2, 0) is 16.0 Å². The molecule has 1 atom stereocenters. The van der Waals surface area contributed by atoms with Gasteiger partial charge >= 0.3 is 0 Å². The Morgan fingerprint density at radius 3 is 2.83 bits per heavy atom. The van der Waals surface area contributed by atoms with Crippen molar-refractivity contribution in [2.24, 2.45) is 0 Å². The van der Waals surface area contributed by atoms with Crippen LogP contribution in [0.15, 0.2) is 46.9 Å². The van der Waals surface area contributed by atoms with E-state index >= 15 is 0 Å². The molecule has 1 N–H and O–H groups in total. The summed E-state index contributed by atoms with van der Waals surface area (Å²) in [5, 5.41) is 13.0. The van der Waals surface area contributed by atoms with E-state index in [9.17, 15) is 9.90 Å². The number of amides is 1. The molecule has 1 heterocycles. The first-order chi connectivity index (χ1) is 11.6. The van der Waals surface area contributed by atoms with E-state index < -0.39 is 6.10 Å². The zero-order valence-corrected chi connectivity index (χ0v) is 13.9. The number of fused-ring (bicyclic) bond motifs is 3. The molecular formula is C19H21NO4. The number of aliphatic hydroxyl groups excluding tert-OH is 1. The average molecular weight is 327 g/mol. The number of likely N-dealkylation sites (N-methyl/N-ethyl adjacent to an activating group) is 1. The minimum atomic E-state index is -0.691. The van der Waals surface area contributed by atoms with Crippen LogP contribution in [0.5, 0.6) is 0 Å². The van der Waals surface area contributed by atoms with Gasteiger partial charge in [-0.05, 0) is 22.9 Å². The molecule has 0 fully saturated rings. The van der Waals surface area contributed by atoms with E-state index in [2.05, 4.69) is 6.07 Å². The van der Waals surface area contributed by atoms with E-state index in [0.29, 0.717) is 5.76 Å². The predicted molar refractivity (Wildman–Crippen MR) is 92.9 cm³/mol. The molecule has 1 aromatic heterocycles. The zero-order valence-electron chi connectivity index (χ0n) is 13.9. The number of methoxy groups -OCH3 is 1. The Kier molecular flexibility index (Phi) is 4.83. The summed E-state index contributed by atoms with van der Waals surface area (Å²) in [5.41, 5.74) is 0.776. The Bertz CT molecular complexity index is 855. The van der Waals surface area contributed by atoms with Gasteiger partial charge in [0.2, 0.25) is 5.91 Å². The number of rotatable bonds is 6. The van der Waals surface area contributed by atoms with Gasteiger partial charge in [0.25, 0.3) is 0 Å². The molecule has 3 aromatic rings. The van der Waals surface area contributed by atoms with Gasteiger partial charge in [0.05, 0.1) is 19.1 Å². The summed E-state index contributed by atoms with van der Waals surface area (Å²) in [4.78, 5) is 13.8. The lowest BCUT2D eigenvalue weighted by Gasteiger charge is -2.20. The number of ether oxygens (including phenoxy) is 1. The van der Waals surface area contributed by atoms with Crippen molar-refractivity contribution in [2.45, 2.75) is 12.5 Å². The third-order valence-electron chi connectivity index (χ3n) is 4.07. The van der Waals surface area contributed by atoms with Crippen LogP contribution in [0.3, 0.4) is 0 Å². The lowest BCUT2D eigenvalue weighted by molar-refractivity contribution is -0.131. The van der Waals surface area contributed by atoms with E-state index in [1.807, 2.05) is 36.4 Å². The molecule has 3 rings (SSSR count). The second kappa shape index (κ2) is 7.03. The standard InChI is InChI=1S/C19H21NO4/c1-20(11-14(21)12-23-2)19(22)10-15-9-17-16-6-4-3-5-13(16)7-8-18(17)24-15/h3-9,14,21H,10-12H2,1-2H3. The number of carbonyl (C=O) groups is 1. The van der Waals surface area contributed by atoms with Gasteiger partial charge in [-0.15, -0.1) is 0 Å². The molecule has 2 aromatic carbocycles. The summed E-state index contributed by atoms with van der Waals surface area (Å²) < 4.78 is 10.7. The van der Waals surface area contributed by atoms with Crippen LogP contribution in [0.2, 0.25) is 0 Å². The maximum Gasteiger partial charge on any atom is 0.230 e. The molecule has 0 spiro atoms. The van der Waals surface area contributed by atoms with Crippen LogP contribution >= 0.6 is 0 Å². The Labute approximate surface area is 140 Å². The van der Waals surface area contributed by atoms with Gasteiger partial charge < -0.3 is 19.2 Å². The van der Waals surface area contributed by atoms with Crippen molar-refractivity contribution in [3.05, 3.63) is 48.2 Å². The molecule has 24 heavy (non-hydrogen) atoms. The van der Waals surface area contributed by atoms with Gasteiger partial charge in [-0.1, -0.05) is 30.3 Å². The van der Waals surface area contributed by atoms with Gasteiger partial charge in [-0.25, -0.2) is 0 Å². The second-order valence-corrected chi connectivity index (χ2v) is 5.97. The van der Waals surface area contributed by atoms with E-state index in [-0.39, 0.29) is 25.5 Å². The molecule has 0 saturated carbocycles. The van der Waals surface area contributed by atoms with Gasteiger partial charge in [-0.3, -0.25) is 4.79 Å². The fraction of sp³-hybridized carbons (Fsp3) is 0.316. The first-order valence-electron chi connectivity index (χ1n) is 7.89. The predicted octanol–water partition coefficient (Wildman–Crippen LogP) is 2.59. The second-order valence-electron chi connectivity index (χ2n) is 5.97. The monoisotopic (exact) mass is 327 g/mol. The maximum atomic E-state index is 12.3. The van der Waals surface area contributed by atoms with Crippen molar-refractivity contribution in [2.75, 3.05) is 27.3 Å². The third-order valence-corrected chi connectivity index (χ3v) is 4.07. The molecule has 5 nitrogen and oxygen atoms in total. The Morgan fingerprint density at radius 1 is 1.25 bits per heavy atom. The van der Waals surface area contributed by atoms with Gasteiger partial charge in [0, 0.05) is 26.1 Å². The molecule has 0 radical (unpaired) electrons. The molecule has 0 saturated heterocycles. The fourth-order valence-electron chi connectivity index (χ4n) is 2.88. The lowest BCUT2D eigenvalue weighted by atomic mass is 10.1. The van der Waals surface area contributed by atoms with Crippen LogP contribution in [0.1, 0.15) is 5.76 Å². The van der Waals surface area contributed by atoms with Gasteiger partial charge in [0.15, 0.2) is 0 Å².